The lowest BCUT2D eigenvalue weighted by Gasteiger charge is -2.11. The van der Waals surface area contributed by atoms with E-state index < -0.39 is 0 Å². The number of hydrogen-bond donors (Lipinski definition) is 2. The monoisotopic (exact) mass is 356 g/mol. The summed E-state index contributed by atoms with van der Waals surface area (Å²) >= 11 is 0. The van der Waals surface area contributed by atoms with Gasteiger partial charge < -0.3 is 20.3 Å². The Morgan fingerprint density at radius 2 is 2.04 bits per heavy atom. The molecule has 0 unspecified atom stereocenters. The van der Waals surface area contributed by atoms with Gasteiger partial charge in [0.2, 0.25) is 0 Å². The molecule has 2 N–H and O–H groups in total. The van der Waals surface area contributed by atoms with E-state index in [2.05, 4.69) is 34.6 Å². The third-order valence-electron chi connectivity index (χ3n) is 3.95. The van der Waals surface area contributed by atoms with Crippen molar-refractivity contribution in [3.63, 3.8) is 0 Å². The van der Waals surface area contributed by atoms with Gasteiger partial charge in [-0.3, -0.25) is 9.78 Å². The van der Waals surface area contributed by atoms with Gasteiger partial charge in [-0.15, -0.1) is 0 Å². The van der Waals surface area contributed by atoms with Crippen molar-refractivity contribution in [2.45, 2.75) is 12.8 Å². The van der Waals surface area contributed by atoms with Crippen LogP contribution < -0.4 is 15.4 Å². The number of nitrogens with zero attached hydrogens (tertiary/aromatic N) is 2. The minimum Gasteiger partial charge on any atom is -0.497 e. The Labute approximate surface area is 155 Å². The highest BCUT2D eigenvalue weighted by Gasteiger charge is 2.07. The Balaban J connectivity index is 1.80. The number of rotatable bonds is 10. The maximum Gasteiger partial charge on any atom is 0.252 e. The highest BCUT2D eigenvalue weighted by Crippen LogP contribution is 2.13. The van der Waals surface area contributed by atoms with Crippen molar-refractivity contribution in [1.29, 1.82) is 0 Å². The van der Waals surface area contributed by atoms with Crippen LogP contribution >= 0.6 is 0 Å². The van der Waals surface area contributed by atoms with Crippen molar-refractivity contribution in [3.8, 4) is 5.75 Å². The van der Waals surface area contributed by atoms with Gasteiger partial charge in [0.05, 0.1) is 18.4 Å². The number of nitrogens with one attached hydrogen (secondary N) is 2. The lowest BCUT2D eigenvalue weighted by Crippen LogP contribution is -2.26. The lowest BCUT2D eigenvalue weighted by molar-refractivity contribution is 0.0954. The molecule has 0 spiro atoms. The first-order valence-electron chi connectivity index (χ1n) is 8.83. The van der Waals surface area contributed by atoms with Crippen LogP contribution in [-0.2, 0) is 6.42 Å². The number of ether oxygens (including phenoxy) is 1. The fourth-order valence-corrected chi connectivity index (χ4v) is 2.54. The minimum atomic E-state index is -0.114. The second-order valence-electron chi connectivity index (χ2n) is 6.40. The summed E-state index contributed by atoms with van der Waals surface area (Å²) in [5.74, 6) is 0.711. The molecule has 0 saturated carbocycles. The predicted molar refractivity (Wildman–Crippen MR) is 105 cm³/mol. The third kappa shape index (κ3) is 6.72. The second kappa shape index (κ2) is 10.4. The summed E-state index contributed by atoms with van der Waals surface area (Å²) in [6, 6.07) is 9.69. The molecule has 0 atom stereocenters. The van der Waals surface area contributed by atoms with Crippen LogP contribution in [0.1, 0.15) is 22.3 Å². The summed E-state index contributed by atoms with van der Waals surface area (Å²) in [7, 11) is 5.76. The molecular formula is C20H28N4O2. The molecule has 2 aromatic rings. The Hall–Kier alpha value is -2.60. The van der Waals surface area contributed by atoms with Crippen molar-refractivity contribution >= 4 is 11.6 Å². The molecule has 0 bridgehead atoms. The van der Waals surface area contributed by atoms with Crippen LogP contribution in [0.25, 0.3) is 0 Å². The Kier molecular flexibility index (Phi) is 7.89. The molecule has 140 valence electrons. The van der Waals surface area contributed by atoms with E-state index in [-0.39, 0.29) is 5.91 Å². The third-order valence-corrected chi connectivity index (χ3v) is 3.95. The topological polar surface area (TPSA) is 66.5 Å². The maximum atomic E-state index is 12.3. The molecule has 1 amide bonds. The number of methoxy groups -OCH3 is 1. The van der Waals surface area contributed by atoms with Crippen molar-refractivity contribution in [3.05, 3.63) is 53.9 Å². The molecule has 6 heteroatoms. The van der Waals surface area contributed by atoms with Gasteiger partial charge in [-0.2, -0.15) is 0 Å². The molecule has 1 aromatic carbocycles. The summed E-state index contributed by atoms with van der Waals surface area (Å²) in [6.45, 7) is 2.43. The van der Waals surface area contributed by atoms with Crippen LogP contribution in [0.4, 0.5) is 5.69 Å². The molecule has 6 nitrogen and oxygen atoms in total. The Bertz CT molecular complexity index is 704. The molecule has 26 heavy (non-hydrogen) atoms. The van der Waals surface area contributed by atoms with Gasteiger partial charge in [0.1, 0.15) is 5.75 Å². The summed E-state index contributed by atoms with van der Waals surface area (Å²) in [4.78, 5) is 18.6. The van der Waals surface area contributed by atoms with E-state index in [0.717, 1.165) is 42.9 Å². The van der Waals surface area contributed by atoms with Crippen molar-refractivity contribution < 1.29 is 9.53 Å². The first-order valence-corrected chi connectivity index (χ1v) is 8.83. The van der Waals surface area contributed by atoms with E-state index in [1.54, 1.807) is 19.5 Å². The predicted octanol–water partition coefficient (Wildman–Crippen LogP) is 2.43. The van der Waals surface area contributed by atoms with Gasteiger partial charge in [-0.05, 0) is 57.2 Å². The highest BCUT2D eigenvalue weighted by molar-refractivity contribution is 5.94. The summed E-state index contributed by atoms with van der Waals surface area (Å²) in [5.41, 5.74) is 2.55. The number of carbonyl (C=O) groups is 1. The van der Waals surface area contributed by atoms with E-state index in [1.807, 2.05) is 30.3 Å². The number of hydrogen-bond acceptors (Lipinski definition) is 5. The van der Waals surface area contributed by atoms with E-state index in [1.165, 1.54) is 0 Å². The number of amides is 1. The van der Waals surface area contributed by atoms with Gasteiger partial charge >= 0.3 is 0 Å². The standard InChI is InChI=1S/C20H28N4O2/c1-24(2)11-5-9-22-18-13-17(14-21-15-18)20(25)23-10-8-16-6-4-7-19(12-16)26-3/h4,6-7,12-15,22H,5,8-11H2,1-3H3,(H,23,25). The molecule has 0 radical (unpaired) electrons. The van der Waals surface area contributed by atoms with E-state index in [0.29, 0.717) is 12.1 Å². The molecule has 0 aliphatic rings. The van der Waals surface area contributed by atoms with Gasteiger partial charge in [0, 0.05) is 25.5 Å². The van der Waals surface area contributed by atoms with Crippen molar-refractivity contribution in [2.75, 3.05) is 46.2 Å². The van der Waals surface area contributed by atoms with Crippen molar-refractivity contribution in [2.24, 2.45) is 0 Å². The van der Waals surface area contributed by atoms with E-state index in [9.17, 15) is 4.79 Å². The SMILES string of the molecule is COc1cccc(CCNC(=O)c2cncc(NCCCN(C)C)c2)c1. The number of aromatic nitrogens is 1. The van der Waals surface area contributed by atoms with Gasteiger partial charge in [0.15, 0.2) is 0 Å². The Morgan fingerprint density at radius 3 is 2.81 bits per heavy atom. The summed E-state index contributed by atoms with van der Waals surface area (Å²) in [5, 5.41) is 6.25. The van der Waals surface area contributed by atoms with E-state index in [4.69, 9.17) is 4.74 Å². The van der Waals surface area contributed by atoms with Gasteiger partial charge in [-0.25, -0.2) is 0 Å². The van der Waals surface area contributed by atoms with Crippen LogP contribution in [0.3, 0.4) is 0 Å². The average molecular weight is 356 g/mol. The van der Waals surface area contributed by atoms with Gasteiger partial charge in [-0.1, -0.05) is 12.1 Å². The molecule has 0 saturated heterocycles. The number of benzene rings is 1. The molecule has 0 aliphatic heterocycles. The van der Waals surface area contributed by atoms with E-state index >= 15 is 0 Å². The molecule has 1 heterocycles. The normalized spacial score (nSPS) is 10.6. The van der Waals surface area contributed by atoms with Crippen LogP contribution in [0.2, 0.25) is 0 Å². The highest BCUT2D eigenvalue weighted by atomic mass is 16.5. The lowest BCUT2D eigenvalue weighted by atomic mass is 10.1. The minimum absolute atomic E-state index is 0.114. The van der Waals surface area contributed by atoms with Gasteiger partial charge in [0.25, 0.3) is 5.91 Å². The Morgan fingerprint density at radius 1 is 1.19 bits per heavy atom. The van der Waals surface area contributed by atoms with Crippen LogP contribution in [0, 0.1) is 0 Å². The fourth-order valence-electron chi connectivity index (χ4n) is 2.54. The molecule has 1 aromatic heterocycles. The zero-order chi connectivity index (χ0) is 18.8. The average Bonchev–Trinajstić information content (AvgIpc) is 2.65. The smallest absolute Gasteiger partial charge is 0.252 e. The zero-order valence-electron chi connectivity index (χ0n) is 15.8. The van der Waals surface area contributed by atoms with Crippen molar-refractivity contribution in [1.82, 2.24) is 15.2 Å². The van der Waals surface area contributed by atoms with Crippen LogP contribution in [0.5, 0.6) is 5.75 Å². The second-order valence-corrected chi connectivity index (χ2v) is 6.40. The maximum absolute atomic E-state index is 12.3. The number of pyridine rings is 1. The summed E-state index contributed by atoms with van der Waals surface area (Å²) in [6.07, 6.45) is 5.11. The molecule has 0 aliphatic carbocycles. The fraction of sp³-hybridized carbons (Fsp3) is 0.400. The molecular weight excluding hydrogens is 328 g/mol. The zero-order valence-corrected chi connectivity index (χ0v) is 15.8. The molecule has 2 rings (SSSR count). The summed E-state index contributed by atoms with van der Waals surface area (Å²) < 4.78 is 5.21. The van der Waals surface area contributed by atoms with Crippen LogP contribution in [-0.4, -0.2) is 56.6 Å². The first-order chi connectivity index (χ1) is 12.6. The molecule has 0 fully saturated rings. The number of carbonyl (C=O) groups excluding carboxylic acids is 1. The largest absolute Gasteiger partial charge is 0.497 e. The van der Waals surface area contributed by atoms with Crippen LogP contribution in [0.15, 0.2) is 42.7 Å². The quantitative estimate of drug-likeness (QED) is 0.640. The number of anilines is 1. The first kappa shape index (κ1) is 19.7.